The number of ether oxygens (including phenoxy) is 2. The fraction of sp³-hybridized carbons (Fsp3) is 0.0870. The van der Waals surface area contributed by atoms with Gasteiger partial charge in [-0.2, -0.15) is 10.4 Å². The first-order valence-electron chi connectivity index (χ1n) is 8.99. The highest BCUT2D eigenvalue weighted by molar-refractivity contribution is 14.1. The standard InChI is InChI=1S/C23H18IN3O3/c1-29-21-12-16(14-26-27-23(28)17-7-3-2-4-8-17)11-20(24)22(21)30-15-19-10-6-5-9-18(19)13-25/h2-12,14H,15H2,1H3,(H,27,28). The second-order valence-electron chi connectivity index (χ2n) is 6.16. The Labute approximate surface area is 188 Å². The molecule has 0 atom stereocenters. The Morgan fingerprint density at radius 3 is 2.63 bits per heavy atom. The first kappa shape index (κ1) is 21.3. The number of methoxy groups -OCH3 is 1. The van der Waals surface area contributed by atoms with Gasteiger partial charge in [0.2, 0.25) is 0 Å². The van der Waals surface area contributed by atoms with E-state index in [1.54, 1.807) is 49.7 Å². The molecule has 0 aliphatic rings. The van der Waals surface area contributed by atoms with Crippen LogP contribution in [0.15, 0.2) is 71.8 Å². The molecular formula is C23H18IN3O3. The van der Waals surface area contributed by atoms with Gasteiger partial charge in [-0.3, -0.25) is 4.79 Å². The topological polar surface area (TPSA) is 83.7 Å². The van der Waals surface area contributed by atoms with Crippen molar-refractivity contribution >= 4 is 34.7 Å². The highest BCUT2D eigenvalue weighted by Gasteiger charge is 2.12. The zero-order chi connectivity index (χ0) is 21.3. The van der Waals surface area contributed by atoms with E-state index in [-0.39, 0.29) is 12.5 Å². The summed E-state index contributed by atoms with van der Waals surface area (Å²) in [5, 5.41) is 13.2. The third kappa shape index (κ3) is 5.36. The number of nitrogens with zero attached hydrogens (tertiary/aromatic N) is 2. The lowest BCUT2D eigenvalue weighted by molar-refractivity contribution is 0.0955. The molecule has 0 saturated heterocycles. The van der Waals surface area contributed by atoms with Gasteiger partial charge in [-0.1, -0.05) is 36.4 Å². The number of nitrogens with one attached hydrogen (secondary N) is 1. The number of hydrogen-bond acceptors (Lipinski definition) is 5. The Morgan fingerprint density at radius 1 is 1.17 bits per heavy atom. The van der Waals surface area contributed by atoms with Gasteiger partial charge < -0.3 is 9.47 Å². The predicted octanol–water partition coefficient (Wildman–Crippen LogP) is 4.51. The quantitative estimate of drug-likeness (QED) is 0.288. The average Bonchev–Trinajstić information content (AvgIpc) is 2.78. The fourth-order valence-corrected chi connectivity index (χ4v) is 3.46. The van der Waals surface area contributed by atoms with E-state index in [4.69, 9.17) is 9.47 Å². The molecule has 0 radical (unpaired) electrons. The molecule has 3 aromatic rings. The van der Waals surface area contributed by atoms with Crippen molar-refractivity contribution in [1.29, 1.82) is 5.26 Å². The van der Waals surface area contributed by atoms with E-state index in [9.17, 15) is 10.1 Å². The fourth-order valence-electron chi connectivity index (χ4n) is 2.68. The number of hydrazone groups is 1. The number of nitriles is 1. The van der Waals surface area contributed by atoms with Crippen LogP contribution in [0.4, 0.5) is 0 Å². The van der Waals surface area contributed by atoms with E-state index in [1.807, 2.05) is 30.3 Å². The van der Waals surface area contributed by atoms with Crippen molar-refractivity contribution in [2.45, 2.75) is 6.61 Å². The zero-order valence-corrected chi connectivity index (χ0v) is 18.3. The monoisotopic (exact) mass is 511 g/mol. The lowest BCUT2D eigenvalue weighted by Crippen LogP contribution is -2.17. The van der Waals surface area contributed by atoms with Crippen molar-refractivity contribution in [3.05, 3.63) is 92.6 Å². The second kappa shape index (κ2) is 10.4. The number of carbonyl (C=O) groups is 1. The summed E-state index contributed by atoms with van der Waals surface area (Å²) < 4.78 is 12.2. The molecule has 0 saturated carbocycles. The smallest absolute Gasteiger partial charge is 0.271 e. The lowest BCUT2D eigenvalue weighted by Gasteiger charge is -2.14. The van der Waals surface area contributed by atoms with Gasteiger partial charge in [0.15, 0.2) is 11.5 Å². The van der Waals surface area contributed by atoms with Crippen molar-refractivity contribution in [3.63, 3.8) is 0 Å². The molecule has 0 aliphatic heterocycles. The molecule has 7 heteroatoms. The summed E-state index contributed by atoms with van der Waals surface area (Å²) in [5.74, 6) is 0.827. The van der Waals surface area contributed by atoms with Crippen LogP contribution in [0, 0.1) is 14.9 Å². The molecule has 1 N–H and O–H groups in total. The third-order valence-corrected chi connectivity index (χ3v) is 4.98. The highest BCUT2D eigenvalue weighted by atomic mass is 127. The van der Waals surface area contributed by atoms with Crippen LogP contribution < -0.4 is 14.9 Å². The van der Waals surface area contributed by atoms with Gasteiger partial charge in [-0.25, -0.2) is 5.43 Å². The number of halogens is 1. The molecule has 0 fully saturated rings. The van der Waals surface area contributed by atoms with Crippen molar-refractivity contribution in [2.24, 2.45) is 5.10 Å². The van der Waals surface area contributed by atoms with Crippen LogP contribution in [0.3, 0.4) is 0 Å². The van der Waals surface area contributed by atoms with Crippen LogP contribution in [-0.2, 0) is 6.61 Å². The van der Waals surface area contributed by atoms with Crippen molar-refractivity contribution in [3.8, 4) is 17.6 Å². The third-order valence-electron chi connectivity index (χ3n) is 4.18. The van der Waals surface area contributed by atoms with E-state index in [0.29, 0.717) is 22.6 Å². The minimum Gasteiger partial charge on any atom is -0.493 e. The van der Waals surface area contributed by atoms with Gasteiger partial charge in [0, 0.05) is 11.1 Å². The van der Waals surface area contributed by atoms with Gasteiger partial charge in [-0.15, -0.1) is 0 Å². The van der Waals surface area contributed by atoms with Crippen molar-refractivity contribution in [2.75, 3.05) is 7.11 Å². The summed E-state index contributed by atoms with van der Waals surface area (Å²) in [6.45, 7) is 0.247. The van der Waals surface area contributed by atoms with Crippen LogP contribution in [0.1, 0.15) is 27.0 Å². The molecule has 3 aromatic carbocycles. The van der Waals surface area contributed by atoms with Crippen LogP contribution in [0.2, 0.25) is 0 Å². The number of amides is 1. The molecule has 0 heterocycles. The molecule has 30 heavy (non-hydrogen) atoms. The van der Waals surface area contributed by atoms with Gasteiger partial charge in [0.1, 0.15) is 6.61 Å². The van der Waals surface area contributed by atoms with E-state index < -0.39 is 0 Å². The maximum Gasteiger partial charge on any atom is 0.271 e. The van der Waals surface area contributed by atoms with Crippen molar-refractivity contribution < 1.29 is 14.3 Å². The summed E-state index contributed by atoms with van der Waals surface area (Å²) in [6, 6.07) is 22.0. The van der Waals surface area contributed by atoms with Gasteiger partial charge >= 0.3 is 0 Å². The molecule has 1 amide bonds. The van der Waals surface area contributed by atoms with E-state index in [2.05, 4.69) is 39.2 Å². The molecule has 0 bridgehead atoms. The molecule has 0 spiro atoms. The molecule has 3 rings (SSSR count). The Morgan fingerprint density at radius 2 is 1.90 bits per heavy atom. The van der Waals surface area contributed by atoms with E-state index in [0.717, 1.165) is 14.7 Å². The number of benzene rings is 3. The van der Waals surface area contributed by atoms with Crippen LogP contribution >= 0.6 is 22.6 Å². The highest BCUT2D eigenvalue weighted by Crippen LogP contribution is 2.34. The lowest BCUT2D eigenvalue weighted by atomic mass is 10.1. The minimum atomic E-state index is -0.287. The maximum absolute atomic E-state index is 12.1. The summed E-state index contributed by atoms with van der Waals surface area (Å²) in [6.07, 6.45) is 1.54. The summed E-state index contributed by atoms with van der Waals surface area (Å²) in [7, 11) is 1.56. The predicted molar refractivity (Wildman–Crippen MR) is 123 cm³/mol. The van der Waals surface area contributed by atoms with E-state index >= 15 is 0 Å². The Balaban J connectivity index is 1.72. The summed E-state index contributed by atoms with van der Waals surface area (Å²) in [4.78, 5) is 12.1. The Hall–Kier alpha value is -3.38. The molecule has 0 aromatic heterocycles. The largest absolute Gasteiger partial charge is 0.493 e. The molecule has 0 aliphatic carbocycles. The van der Waals surface area contributed by atoms with E-state index in [1.165, 1.54) is 0 Å². The second-order valence-corrected chi connectivity index (χ2v) is 7.32. The van der Waals surface area contributed by atoms with Gasteiger partial charge in [0.25, 0.3) is 5.91 Å². The van der Waals surface area contributed by atoms with Crippen LogP contribution in [-0.4, -0.2) is 19.2 Å². The summed E-state index contributed by atoms with van der Waals surface area (Å²) in [5.41, 5.74) is 5.15. The van der Waals surface area contributed by atoms with Crippen LogP contribution in [0.5, 0.6) is 11.5 Å². The molecule has 150 valence electrons. The Bertz CT molecular complexity index is 1110. The SMILES string of the molecule is COc1cc(C=NNC(=O)c2ccccc2)cc(I)c1OCc1ccccc1C#N. The normalized spacial score (nSPS) is 10.4. The zero-order valence-electron chi connectivity index (χ0n) is 16.1. The molecule has 0 unspecified atom stereocenters. The van der Waals surface area contributed by atoms with Crippen LogP contribution in [0.25, 0.3) is 0 Å². The van der Waals surface area contributed by atoms with Gasteiger partial charge in [-0.05, 0) is 58.5 Å². The maximum atomic E-state index is 12.1. The first-order valence-corrected chi connectivity index (χ1v) is 10.1. The first-order chi connectivity index (χ1) is 14.6. The number of rotatable bonds is 7. The van der Waals surface area contributed by atoms with Crippen molar-refractivity contribution in [1.82, 2.24) is 5.43 Å². The minimum absolute atomic E-state index is 0.247. The Kier molecular flexibility index (Phi) is 7.40. The number of hydrogen-bond donors (Lipinski definition) is 1. The molecular weight excluding hydrogens is 493 g/mol. The summed E-state index contributed by atoms with van der Waals surface area (Å²) >= 11 is 2.15. The average molecular weight is 511 g/mol. The van der Waals surface area contributed by atoms with Gasteiger partial charge in [0.05, 0.1) is 28.5 Å². The molecule has 6 nitrogen and oxygen atoms in total. The number of carbonyl (C=O) groups excluding carboxylic acids is 1.